The van der Waals surface area contributed by atoms with Gasteiger partial charge < -0.3 is 4.90 Å². The van der Waals surface area contributed by atoms with Crippen LogP contribution in [0, 0.1) is 23.1 Å². The Labute approximate surface area is 193 Å². The fourth-order valence-corrected chi connectivity index (χ4v) is 5.57. The molecule has 0 aromatic heterocycles. The molecule has 0 radical (unpaired) electrons. The van der Waals surface area contributed by atoms with Crippen LogP contribution < -0.4 is 0 Å². The zero-order valence-corrected chi connectivity index (χ0v) is 19.4. The third-order valence-corrected chi connectivity index (χ3v) is 7.78. The van der Waals surface area contributed by atoms with Crippen molar-refractivity contribution >= 4 is 27.5 Å². The maximum atomic E-state index is 13.4. The predicted octanol–water partition coefficient (Wildman–Crippen LogP) is 4.19. The van der Waals surface area contributed by atoms with E-state index in [0.29, 0.717) is 31.5 Å². The molecule has 170 valence electrons. The third-order valence-electron chi connectivity index (χ3n) is 5.59. The second-order valence-electron chi connectivity index (χ2n) is 7.82. The summed E-state index contributed by atoms with van der Waals surface area (Å²) in [5.41, 5.74) is 1.51. The molecule has 3 rings (SSSR count). The summed E-state index contributed by atoms with van der Waals surface area (Å²) in [5.74, 6) is -0.922. The molecule has 0 atom stereocenters. The lowest BCUT2D eigenvalue weighted by atomic mass is 9.96. The number of hydrogen-bond donors (Lipinski definition) is 0. The van der Waals surface area contributed by atoms with Gasteiger partial charge >= 0.3 is 0 Å². The van der Waals surface area contributed by atoms with E-state index in [9.17, 15) is 17.6 Å². The number of carbonyl (C=O) groups is 1. The second-order valence-corrected chi connectivity index (χ2v) is 10.2. The van der Waals surface area contributed by atoms with Gasteiger partial charge in [0.05, 0.1) is 21.6 Å². The first-order valence-corrected chi connectivity index (χ1v) is 12.3. The normalized spacial score (nSPS) is 15.3. The summed E-state index contributed by atoms with van der Waals surface area (Å²) in [6.07, 6.45) is 1.64. The maximum Gasteiger partial charge on any atom is 0.243 e. The average molecular weight is 478 g/mol. The Bertz CT molecular complexity index is 1110. The van der Waals surface area contributed by atoms with Crippen LogP contribution in [-0.4, -0.2) is 43.2 Å². The minimum atomic E-state index is -3.81. The van der Waals surface area contributed by atoms with E-state index in [1.165, 1.54) is 10.4 Å². The summed E-state index contributed by atoms with van der Waals surface area (Å²) in [6, 6.07) is 12.6. The molecule has 1 aliphatic heterocycles. The molecule has 2 aromatic carbocycles. The highest BCUT2D eigenvalue weighted by Crippen LogP contribution is 2.27. The van der Waals surface area contributed by atoms with Crippen LogP contribution in [-0.2, 0) is 21.4 Å². The minimum absolute atomic E-state index is 0.0121. The van der Waals surface area contributed by atoms with Crippen LogP contribution in [0.4, 0.5) is 4.39 Å². The molecule has 0 aliphatic carbocycles. The Kier molecular flexibility index (Phi) is 7.88. The fraction of sp³-hybridized carbons (Fsp3) is 0.391. The van der Waals surface area contributed by atoms with Crippen molar-refractivity contribution in [3.05, 3.63) is 64.4 Å². The van der Waals surface area contributed by atoms with Gasteiger partial charge in [0.2, 0.25) is 15.9 Å². The third kappa shape index (κ3) is 5.47. The van der Waals surface area contributed by atoms with E-state index in [0.717, 1.165) is 24.1 Å². The Hall–Kier alpha value is -2.47. The number of piperidine rings is 1. The lowest BCUT2D eigenvalue weighted by Gasteiger charge is -2.33. The van der Waals surface area contributed by atoms with Crippen molar-refractivity contribution in [3.8, 4) is 6.07 Å². The number of carbonyl (C=O) groups excluding carboxylic acids is 1. The lowest BCUT2D eigenvalue weighted by molar-refractivity contribution is -0.137. The van der Waals surface area contributed by atoms with Gasteiger partial charge in [-0.15, -0.1) is 0 Å². The zero-order valence-electron chi connectivity index (χ0n) is 17.8. The van der Waals surface area contributed by atoms with E-state index in [2.05, 4.69) is 6.07 Å². The van der Waals surface area contributed by atoms with Crippen molar-refractivity contribution in [3.63, 3.8) is 0 Å². The van der Waals surface area contributed by atoms with Crippen molar-refractivity contribution in [2.75, 3.05) is 19.6 Å². The van der Waals surface area contributed by atoms with Crippen LogP contribution in [0.5, 0.6) is 0 Å². The molecule has 1 heterocycles. The van der Waals surface area contributed by atoms with Crippen LogP contribution in [0.1, 0.15) is 37.3 Å². The van der Waals surface area contributed by atoms with Crippen molar-refractivity contribution in [2.24, 2.45) is 5.92 Å². The topological polar surface area (TPSA) is 81.5 Å². The predicted molar refractivity (Wildman–Crippen MR) is 120 cm³/mol. The van der Waals surface area contributed by atoms with E-state index in [1.54, 1.807) is 17.0 Å². The number of sulfonamides is 1. The molecule has 1 fully saturated rings. The van der Waals surface area contributed by atoms with Crippen LogP contribution in [0.15, 0.2) is 47.4 Å². The second kappa shape index (κ2) is 10.4. The van der Waals surface area contributed by atoms with Gasteiger partial charge in [-0.2, -0.15) is 9.57 Å². The molecule has 0 unspecified atom stereocenters. The minimum Gasteiger partial charge on any atom is -0.338 e. The van der Waals surface area contributed by atoms with E-state index in [-0.39, 0.29) is 34.8 Å². The highest BCUT2D eigenvalue weighted by atomic mass is 35.5. The maximum absolute atomic E-state index is 13.4. The lowest BCUT2D eigenvalue weighted by Crippen LogP contribution is -2.44. The average Bonchev–Trinajstić information content (AvgIpc) is 2.80. The molecule has 32 heavy (non-hydrogen) atoms. The van der Waals surface area contributed by atoms with Crippen molar-refractivity contribution in [1.29, 1.82) is 5.26 Å². The molecular weight excluding hydrogens is 453 g/mol. The highest BCUT2D eigenvalue weighted by Gasteiger charge is 2.34. The monoisotopic (exact) mass is 477 g/mol. The summed E-state index contributed by atoms with van der Waals surface area (Å²) >= 11 is 5.75. The highest BCUT2D eigenvalue weighted by molar-refractivity contribution is 7.89. The largest absolute Gasteiger partial charge is 0.338 e. The number of rotatable bonds is 7. The zero-order chi connectivity index (χ0) is 23.3. The number of nitriles is 1. The van der Waals surface area contributed by atoms with Gasteiger partial charge in [-0.05, 0) is 55.2 Å². The van der Waals surface area contributed by atoms with E-state index in [1.807, 2.05) is 19.1 Å². The SMILES string of the molecule is CCCN(Cc1ccc(C#N)cc1)C(=O)C1CCN(S(=O)(=O)c2ccc(F)c(Cl)c2)CC1. The van der Waals surface area contributed by atoms with E-state index in [4.69, 9.17) is 16.9 Å². The first kappa shape index (κ1) is 24.2. The summed E-state index contributed by atoms with van der Waals surface area (Å²) in [6.45, 7) is 3.48. The standard InChI is InChI=1S/C23H25ClFN3O3S/c1-2-11-27(16-18-5-3-17(15-26)4-6-18)23(29)19-9-12-28(13-10-19)32(30,31)20-7-8-22(25)21(24)14-20/h3-8,14,19H,2,9-13,16H2,1H3. The number of benzene rings is 2. The Morgan fingerprint density at radius 1 is 1.22 bits per heavy atom. The van der Waals surface area contributed by atoms with E-state index >= 15 is 0 Å². The molecule has 0 N–H and O–H groups in total. The van der Waals surface area contributed by atoms with Gasteiger partial charge in [0.25, 0.3) is 0 Å². The Balaban J connectivity index is 1.65. The van der Waals surface area contributed by atoms with Crippen LogP contribution in [0.3, 0.4) is 0 Å². The van der Waals surface area contributed by atoms with Gasteiger partial charge in [-0.1, -0.05) is 30.7 Å². The number of hydrogen-bond acceptors (Lipinski definition) is 4. The molecule has 0 saturated carbocycles. The molecule has 0 bridgehead atoms. The molecular formula is C23H25ClFN3O3S. The summed E-state index contributed by atoms with van der Waals surface area (Å²) in [7, 11) is -3.81. The van der Waals surface area contributed by atoms with E-state index < -0.39 is 15.8 Å². The van der Waals surface area contributed by atoms with Gasteiger partial charge in [-0.3, -0.25) is 4.79 Å². The van der Waals surface area contributed by atoms with Crippen molar-refractivity contribution in [2.45, 2.75) is 37.6 Å². The summed E-state index contributed by atoms with van der Waals surface area (Å²) in [4.78, 5) is 14.9. The van der Waals surface area contributed by atoms with Gasteiger partial charge in [-0.25, -0.2) is 12.8 Å². The molecule has 2 aromatic rings. The van der Waals surface area contributed by atoms with Gasteiger partial charge in [0.15, 0.2) is 0 Å². The summed E-state index contributed by atoms with van der Waals surface area (Å²) in [5, 5.41) is 8.70. The molecule has 0 spiro atoms. The molecule has 1 aliphatic rings. The fourth-order valence-electron chi connectivity index (χ4n) is 3.83. The smallest absolute Gasteiger partial charge is 0.243 e. The Morgan fingerprint density at radius 3 is 2.44 bits per heavy atom. The first-order valence-electron chi connectivity index (χ1n) is 10.5. The first-order chi connectivity index (χ1) is 15.3. The van der Waals surface area contributed by atoms with Gasteiger partial charge in [0.1, 0.15) is 5.82 Å². The van der Waals surface area contributed by atoms with Crippen LogP contribution in [0.25, 0.3) is 0 Å². The van der Waals surface area contributed by atoms with Crippen LogP contribution >= 0.6 is 11.6 Å². The molecule has 6 nitrogen and oxygen atoms in total. The van der Waals surface area contributed by atoms with Crippen molar-refractivity contribution in [1.82, 2.24) is 9.21 Å². The quantitative estimate of drug-likeness (QED) is 0.598. The van der Waals surface area contributed by atoms with Crippen molar-refractivity contribution < 1.29 is 17.6 Å². The van der Waals surface area contributed by atoms with Crippen LogP contribution in [0.2, 0.25) is 5.02 Å². The molecule has 1 amide bonds. The number of nitrogens with zero attached hydrogens (tertiary/aromatic N) is 3. The number of halogens is 2. The Morgan fingerprint density at radius 2 is 1.88 bits per heavy atom. The molecule has 9 heteroatoms. The number of amides is 1. The molecule has 1 saturated heterocycles. The van der Waals surface area contributed by atoms with Gasteiger partial charge in [0, 0.05) is 32.1 Å². The summed E-state index contributed by atoms with van der Waals surface area (Å²) < 4.78 is 40.5.